The smallest absolute Gasteiger partial charge is 0.275 e. The third-order valence-corrected chi connectivity index (χ3v) is 5.37. The summed E-state index contributed by atoms with van der Waals surface area (Å²) in [6, 6.07) is 9.38. The van der Waals surface area contributed by atoms with Crippen molar-refractivity contribution in [2.45, 2.75) is 0 Å². The van der Waals surface area contributed by atoms with Gasteiger partial charge in [-0.25, -0.2) is 4.68 Å². The Morgan fingerprint density at radius 1 is 1.00 bits per heavy atom. The van der Waals surface area contributed by atoms with E-state index in [0.29, 0.717) is 16.9 Å². The molecule has 0 aliphatic rings. The Morgan fingerprint density at radius 2 is 1.67 bits per heavy atom. The normalized spacial score (nSPS) is 10.9. The molecule has 27 heavy (non-hydrogen) atoms. The number of thiophene rings is 1. The summed E-state index contributed by atoms with van der Waals surface area (Å²) in [5.74, 6) is 1.33. The monoisotopic (exact) mass is 379 g/mol. The lowest BCUT2D eigenvalue weighted by atomic mass is 10.0. The van der Waals surface area contributed by atoms with Crippen molar-refractivity contribution in [2.24, 2.45) is 7.05 Å². The predicted molar refractivity (Wildman–Crippen MR) is 107 cm³/mol. The molecule has 0 saturated heterocycles. The van der Waals surface area contributed by atoms with Gasteiger partial charge in [-0.1, -0.05) is 0 Å². The van der Waals surface area contributed by atoms with Crippen LogP contribution in [-0.2, 0) is 7.05 Å². The Hall–Kier alpha value is -3.19. The van der Waals surface area contributed by atoms with Gasteiger partial charge in [0.05, 0.1) is 24.3 Å². The topological polar surface area (TPSA) is 66.2 Å². The van der Waals surface area contributed by atoms with Gasteiger partial charge in [0, 0.05) is 42.0 Å². The van der Waals surface area contributed by atoms with E-state index < -0.39 is 0 Å². The molecule has 4 aromatic rings. The lowest BCUT2D eigenvalue weighted by molar-refractivity contribution is 0.394. The first-order chi connectivity index (χ1) is 13.1. The number of hydrogen-bond acceptors (Lipinski definition) is 6. The number of aromatic nitrogens is 3. The van der Waals surface area contributed by atoms with Crippen molar-refractivity contribution in [1.82, 2.24) is 14.8 Å². The molecule has 0 spiro atoms. The van der Waals surface area contributed by atoms with E-state index in [4.69, 9.17) is 9.47 Å². The molecule has 0 fully saturated rings. The van der Waals surface area contributed by atoms with Crippen LogP contribution in [-0.4, -0.2) is 29.0 Å². The summed E-state index contributed by atoms with van der Waals surface area (Å²) < 4.78 is 13.0. The van der Waals surface area contributed by atoms with Crippen molar-refractivity contribution < 1.29 is 9.47 Å². The van der Waals surface area contributed by atoms with E-state index in [9.17, 15) is 4.79 Å². The SMILES string of the molecule is COc1cc(OC)cc(-c2nn(C)c(=O)c3c(-c4ccncc4)csc23)c1. The van der Waals surface area contributed by atoms with Gasteiger partial charge in [-0.05, 0) is 29.8 Å². The highest BCUT2D eigenvalue weighted by Crippen LogP contribution is 2.38. The summed E-state index contributed by atoms with van der Waals surface area (Å²) in [6.45, 7) is 0. The molecule has 136 valence electrons. The highest BCUT2D eigenvalue weighted by molar-refractivity contribution is 7.18. The standard InChI is InChI=1S/C20H17N3O3S/c1-23-20(24)17-16(12-4-6-21-7-5-12)11-27-19(17)18(22-23)13-8-14(25-2)10-15(9-13)26-3/h4-11H,1-3H3. The fourth-order valence-corrected chi connectivity index (χ4v) is 4.10. The maximum Gasteiger partial charge on any atom is 0.275 e. The Labute approximate surface area is 159 Å². The van der Waals surface area contributed by atoms with E-state index in [1.54, 1.807) is 39.7 Å². The number of hydrogen-bond donors (Lipinski definition) is 0. The number of nitrogens with zero attached hydrogens (tertiary/aromatic N) is 3. The van der Waals surface area contributed by atoms with Crippen LogP contribution in [0.4, 0.5) is 0 Å². The second-order valence-corrected chi connectivity index (χ2v) is 6.85. The van der Waals surface area contributed by atoms with E-state index >= 15 is 0 Å². The molecule has 0 aliphatic carbocycles. The number of benzene rings is 1. The highest BCUT2D eigenvalue weighted by atomic mass is 32.1. The van der Waals surface area contributed by atoms with Gasteiger partial charge in [-0.3, -0.25) is 9.78 Å². The Bertz CT molecular complexity index is 1160. The van der Waals surface area contributed by atoms with Gasteiger partial charge in [-0.2, -0.15) is 5.10 Å². The van der Waals surface area contributed by atoms with E-state index in [2.05, 4.69) is 10.1 Å². The summed E-state index contributed by atoms with van der Waals surface area (Å²) in [7, 11) is 4.88. The number of ether oxygens (including phenoxy) is 2. The van der Waals surface area contributed by atoms with Crippen LogP contribution in [0.5, 0.6) is 11.5 Å². The molecule has 0 saturated carbocycles. The fourth-order valence-electron chi connectivity index (χ4n) is 3.02. The molecule has 0 aliphatic heterocycles. The van der Waals surface area contributed by atoms with Gasteiger partial charge in [0.25, 0.3) is 5.56 Å². The first kappa shape index (κ1) is 17.2. The van der Waals surface area contributed by atoms with Crippen molar-refractivity contribution in [1.29, 1.82) is 0 Å². The van der Waals surface area contributed by atoms with Crippen LogP contribution < -0.4 is 15.0 Å². The largest absolute Gasteiger partial charge is 0.497 e. The Morgan fingerprint density at radius 3 is 2.30 bits per heavy atom. The molecular weight excluding hydrogens is 362 g/mol. The second kappa shape index (κ2) is 6.85. The van der Waals surface area contributed by atoms with Crippen LogP contribution in [0.15, 0.2) is 52.9 Å². The molecule has 1 aromatic carbocycles. The summed E-state index contributed by atoms with van der Waals surface area (Å²) in [5.41, 5.74) is 3.26. The van der Waals surface area contributed by atoms with Crippen LogP contribution >= 0.6 is 11.3 Å². The van der Waals surface area contributed by atoms with Crippen molar-refractivity contribution >= 4 is 21.4 Å². The van der Waals surface area contributed by atoms with E-state index in [-0.39, 0.29) is 5.56 Å². The van der Waals surface area contributed by atoms with Crippen molar-refractivity contribution in [2.75, 3.05) is 14.2 Å². The average Bonchev–Trinajstić information content (AvgIpc) is 3.16. The summed E-state index contributed by atoms with van der Waals surface area (Å²) in [6.07, 6.45) is 3.44. The van der Waals surface area contributed by atoms with Gasteiger partial charge in [0.15, 0.2) is 0 Å². The molecule has 6 nitrogen and oxygen atoms in total. The van der Waals surface area contributed by atoms with Crippen molar-refractivity contribution in [3.8, 4) is 33.9 Å². The number of aryl methyl sites for hydroxylation is 1. The number of rotatable bonds is 4. The fraction of sp³-hybridized carbons (Fsp3) is 0.150. The number of pyridine rings is 1. The van der Waals surface area contributed by atoms with Gasteiger partial charge in [-0.15, -0.1) is 11.3 Å². The zero-order valence-electron chi connectivity index (χ0n) is 15.1. The van der Waals surface area contributed by atoms with Crippen molar-refractivity contribution in [3.63, 3.8) is 0 Å². The van der Waals surface area contributed by atoms with Crippen LogP contribution in [0.3, 0.4) is 0 Å². The summed E-state index contributed by atoms with van der Waals surface area (Å²) in [5, 5.41) is 7.16. The average molecular weight is 379 g/mol. The molecule has 0 unspecified atom stereocenters. The minimum Gasteiger partial charge on any atom is -0.497 e. The minimum atomic E-state index is -0.128. The van der Waals surface area contributed by atoms with Gasteiger partial charge in [0.2, 0.25) is 0 Å². The summed E-state index contributed by atoms with van der Waals surface area (Å²) >= 11 is 1.50. The van der Waals surface area contributed by atoms with Crippen LogP contribution in [0.25, 0.3) is 32.5 Å². The quantitative estimate of drug-likeness (QED) is 0.540. The molecule has 0 radical (unpaired) electrons. The summed E-state index contributed by atoms with van der Waals surface area (Å²) in [4.78, 5) is 16.9. The Balaban J connectivity index is 2.03. The predicted octanol–water partition coefficient (Wildman–Crippen LogP) is 3.74. The maximum atomic E-state index is 12.9. The zero-order valence-corrected chi connectivity index (χ0v) is 15.9. The van der Waals surface area contributed by atoms with Crippen LogP contribution in [0.2, 0.25) is 0 Å². The number of methoxy groups -OCH3 is 2. The molecule has 0 amide bonds. The van der Waals surface area contributed by atoms with Gasteiger partial charge < -0.3 is 9.47 Å². The highest BCUT2D eigenvalue weighted by Gasteiger charge is 2.18. The van der Waals surface area contributed by atoms with Gasteiger partial charge in [0.1, 0.15) is 17.2 Å². The van der Waals surface area contributed by atoms with Crippen LogP contribution in [0.1, 0.15) is 0 Å². The van der Waals surface area contributed by atoms with Gasteiger partial charge >= 0.3 is 0 Å². The minimum absolute atomic E-state index is 0.128. The molecule has 4 rings (SSSR count). The molecule has 0 bridgehead atoms. The molecule has 3 aromatic heterocycles. The molecule has 0 atom stereocenters. The van der Waals surface area contributed by atoms with Crippen LogP contribution in [0, 0.1) is 0 Å². The zero-order chi connectivity index (χ0) is 19.0. The molecule has 3 heterocycles. The third-order valence-electron chi connectivity index (χ3n) is 4.38. The van der Waals surface area contributed by atoms with Crippen molar-refractivity contribution in [3.05, 3.63) is 58.5 Å². The number of fused-ring (bicyclic) bond motifs is 1. The molecule has 7 heteroatoms. The molecule has 0 N–H and O–H groups in total. The maximum absolute atomic E-state index is 12.9. The third kappa shape index (κ3) is 2.96. The lowest BCUT2D eigenvalue weighted by Crippen LogP contribution is -2.20. The van der Waals surface area contributed by atoms with E-state index in [0.717, 1.165) is 27.1 Å². The van der Waals surface area contributed by atoms with E-state index in [1.807, 2.05) is 29.6 Å². The first-order valence-electron chi connectivity index (χ1n) is 8.24. The lowest BCUT2D eigenvalue weighted by Gasteiger charge is -2.10. The second-order valence-electron chi connectivity index (χ2n) is 5.97. The Kier molecular flexibility index (Phi) is 4.37. The first-order valence-corrected chi connectivity index (χ1v) is 9.12. The molecular formula is C20H17N3O3S. The van der Waals surface area contributed by atoms with E-state index in [1.165, 1.54) is 16.0 Å².